The van der Waals surface area contributed by atoms with Crippen LogP contribution >= 0.6 is 0 Å². The average molecular weight is 168 g/mol. The summed E-state index contributed by atoms with van der Waals surface area (Å²) in [7, 11) is 0. The highest BCUT2D eigenvalue weighted by Gasteiger charge is 2.16. The van der Waals surface area contributed by atoms with Crippen molar-refractivity contribution in [2.45, 2.75) is 38.8 Å². The fourth-order valence-electron chi connectivity index (χ4n) is 0.748. The van der Waals surface area contributed by atoms with E-state index >= 15 is 0 Å². The molecule has 0 aliphatic rings. The Balaban J connectivity index is 3.85. The summed E-state index contributed by atoms with van der Waals surface area (Å²) in [5, 5.41) is 2.63. The van der Waals surface area contributed by atoms with Gasteiger partial charge in [-0.2, -0.15) is 0 Å². The highest BCUT2D eigenvalue weighted by Crippen LogP contribution is 2.02. The fourth-order valence-corrected chi connectivity index (χ4v) is 0.748. The number of carbonyl (C=O) groups excluding carboxylic acids is 1. The van der Waals surface area contributed by atoms with Gasteiger partial charge in [0.15, 0.2) is 0 Å². The van der Waals surface area contributed by atoms with Crippen molar-refractivity contribution in [1.82, 2.24) is 5.32 Å². The number of hydrogen-bond acceptors (Lipinski definition) is 2. The van der Waals surface area contributed by atoms with E-state index in [1.165, 1.54) is 0 Å². The lowest BCUT2D eigenvalue weighted by molar-refractivity contribution is -0.122. The zero-order valence-electron chi connectivity index (χ0n) is 7.85. The molecule has 12 heavy (non-hydrogen) atoms. The topological polar surface area (TPSA) is 55.1 Å². The Bertz CT molecular complexity index is 198. The molecule has 0 aromatic heterocycles. The minimum Gasteiger partial charge on any atom is -0.343 e. The van der Waals surface area contributed by atoms with E-state index in [9.17, 15) is 4.79 Å². The van der Waals surface area contributed by atoms with Crippen LogP contribution < -0.4 is 11.1 Å². The fraction of sp³-hybridized carbons (Fsp3) is 0.667. The molecule has 1 amide bonds. The molecule has 0 radical (unpaired) electrons. The minimum atomic E-state index is -0.474. The predicted molar refractivity (Wildman–Crippen MR) is 49.3 cm³/mol. The number of hydrogen-bond donors (Lipinski definition) is 2. The summed E-state index contributed by atoms with van der Waals surface area (Å²) < 4.78 is 0. The van der Waals surface area contributed by atoms with Crippen LogP contribution in [0.2, 0.25) is 0 Å². The third kappa shape index (κ3) is 5.75. The second-order valence-corrected chi connectivity index (χ2v) is 3.62. The minimum absolute atomic E-state index is 0.104. The maximum Gasteiger partial charge on any atom is 0.222 e. The van der Waals surface area contributed by atoms with Gasteiger partial charge in [0.1, 0.15) is 0 Å². The van der Waals surface area contributed by atoms with Crippen molar-refractivity contribution in [3.63, 3.8) is 0 Å². The van der Waals surface area contributed by atoms with Crippen LogP contribution in [0.3, 0.4) is 0 Å². The summed E-state index contributed by atoms with van der Waals surface area (Å²) in [5.74, 6) is 2.31. The van der Waals surface area contributed by atoms with Gasteiger partial charge in [-0.05, 0) is 20.8 Å². The van der Waals surface area contributed by atoms with Crippen molar-refractivity contribution in [3.05, 3.63) is 0 Å². The molecule has 0 bridgehead atoms. The molecule has 0 aromatic rings. The van der Waals surface area contributed by atoms with E-state index in [-0.39, 0.29) is 11.9 Å². The molecule has 0 heterocycles. The second kappa shape index (κ2) is 4.13. The van der Waals surface area contributed by atoms with Gasteiger partial charge in [-0.25, -0.2) is 0 Å². The van der Waals surface area contributed by atoms with Gasteiger partial charge in [0.2, 0.25) is 5.91 Å². The molecule has 1 atom stereocenters. The Hall–Kier alpha value is -1.01. The molecule has 0 fully saturated rings. The van der Waals surface area contributed by atoms with Crippen LogP contribution in [0.15, 0.2) is 0 Å². The normalized spacial score (nSPS) is 13.2. The largest absolute Gasteiger partial charge is 0.343 e. The van der Waals surface area contributed by atoms with Gasteiger partial charge in [0.05, 0.1) is 6.04 Å². The van der Waals surface area contributed by atoms with Gasteiger partial charge in [0.25, 0.3) is 0 Å². The molecule has 0 aliphatic carbocycles. The molecule has 1 unspecified atom stereocenters. The van der Waals surface area contributed by atoms with Crippen LogP contribution in [0, 0.1) is 12.3 Å². The number of nitrogens with one attached hydrogen (secondary N) is 1. The molecule has 0 saturated heterocycles. The van der Waals surface area contributed by atoms with Gasteiger partial charge in [-0.15, -0.1) is 6.42 Å². The number of nitrogens with two attached hydrogens (primary N) is 1. The van der Waals surface area contributed by atoms with Crippen LogP contribution in [0.5, 0.6) is 0 Å². The second-order valence-electron chi connectivity index (χ2n) is 3.62. The first-order chi connectivity index (χ1) is 5.35. The Morgan fingerprint density at radius 1 is 1.75 bits per heavy atom. The highest BCUT2D eigenvalue weighted by atomic mass is 16.1. The third-order valence-electron chi connectivity index (χ3n) is 1.24. The Labute approximate surface area is 73.7 Å². The van der Waals surface area contributed by atoms with Gasteiger partial charge < -0.3 is 11.1 Å². The summed E-state index contributed by atoms with van der Waals surface area (Å²) in [6.07, 6.45) is 5.38. The van der Waals surface area contributed by atoms with Crippen LogP contribution in [0.1, 0.15) is 27.2 Å². The molecule has 3 heteroatoms. The van der Waals surface area contributed by atoms with Gasteiger partial charge >= 0.3 is 0 Å². The summed E-state index contributed by atoms with van der Waals surface area (Å²) >= 11 is 0. The van der Waals surface area contributed by atoms with Crippen LogP contribution in [-0.2, 0) is 4.79 Å². The lowest BCUT2D eigenvalue weighted by atomic mass is 10.0. The average Bonchev–Trinajstić information content (AvgIpc) is 1.82. The first-order valence-electron chi connectivity index (χ1n) is 3.89. The molecule has 0 spiro atoms. The molecule has 0 rings (SSSR count). The van der Waals surface area contributed by atoms with Crippen molar-refractivity contribution in [2.75, 3.05) is 0 Å². The van der Waals surface area contributed by atoms with Crippen molar-refractivity contribution >= 4 is 5.91 Å². The lowest BCUT2D eigenvalue weighted by Gasteiger charge is -2.18. The number of rotatable bonds is 3. The maximum atomic E-state index is 11.1. The SMILES string of the molecule is C#CC(C)NC(=O)CC(C)(C)N. The molecule has 0 aromatic carbocycles. The van der Waals surface area contributed by atoms with Crippen molar-refractivity contribution in [2.24, 2.45) is 5.73 Å². The van der Waals surface area contributed by atoms with Gasteiger partial charge in [-0.3, -0.25) is 4.79 Å². The lowest BCUT2D eigenvalue weighted by Crippen LogP contribution is -2.41. The zero-order chi connectivity index (χ0) is 9.78. The molecular weight excluding hydrogens is 152 g/mol. The van der Waals surface area contributed by atoms with E-state index in [0.29, 0.717) is 6.42 Å². The monoisotopic (exact) mass is 168 g/mol. The van der Waals surface area contributed by atoms with Crippen LogP contribution in [0.4, 0.5) is 0 Å². The van der Waals surface area contributed by atoms with E-state index in [1.807, 2.05) is 0 Å². The molecule has 3 N–H and O–H groups in total. The van der Waals surface area contributed by atoms with E-state index in [2.05, 4.69) is 11.2 Å². The first-order valence-corrected chi connectivity index (χ1v) is 3.89. The Kier molecular flexibility index (Phi) is 3.78. The number of amides is 1. The standard InChI is InChI=1S/C9H16N2O/c1-5-7(2)11-8(12)6-9(3,4)10/h1,7H,6,10H2,2-4H3,(H,11,12). The predicted octanol–water partition coefficient (Wildman–Crippen LogP) is 0.252. The molecular formula is C9H16N2O. The molecule has 3 nitrogen and oxygen atoms in total. The van der Waals surface area contributed by atoms with E-state index in [1.54, 1.807) is 20.8 Å². The van der Waals surface area contributed by atoms with Crippen molar-refractivity contribution in [1.29, 1.82) is 0 Å². The Morgan fingerprint density at radius 3 is 2.58 bits per heavy atom. The van der Waals surface area contributed by atoms with Gasteiger partial charge in [0, 0.05) is 12.0 Å². The summed E-state index contributed by atoms with van der Waals surface area (Å²) in [6.45, 7) is 5.35. The molecule has 0 aliphatic heterocycles. The Morgan fingerprint density at radius 2 is 2.25 bits per heavy atom. The van der Waals surface area contributed by atoms with E-state index in [0.717, 1.165) is 0 Å². The van der Waals surface area contributed by atoms with Crippen molar-refractivity contribution < 1.29 is 4.79 Å². The quantitative estimate of drug-likeness (QED) is 0.594. The van der Waals surface area contributed by atoms with Crippen LogP contribution in [-0.4, -0.2) is 17.5 Å². The maximum absolute atomic E-state index is 11.1. The zero-order valence-corrected chi connectivity index (χ0v) is 7.85. The first kappa shape index (κ1) is 11.0. The summed E-state index contributed by atoms with van der Waals surface area (Å²) in [6, 6.07) is -0.222. The van der Waals surface area contributed by atoms with E-state index < -0.39 is 5.54 Å². The van der Waals surface area contributed by atoms with Crippen LogP contribution in [0.25, 0.3) is 0 Å². The van der Waals surface area contributed by atoms with E-state index in [4.69, 9.17) is 12.2 Å². The molecule has 0 saturated carbocycles. The number of carbonyl (C=O) groups is 1. The summed E-state index contributed by atoms with van der Waals surface area (Å²) in [5.41, 5.74) is 5.17. The smallest absolute Gasteiger partial charge is 0.222 e. The summed E-state index contributed by atoms with van der Waals surface area (Å²) in [4.78, 5) is 11.1. The molecule has 68 valence electrons. The highest BCUT2D eigenvalue weighted by molar-refractivity contribution is 5.77. The third-order valence-corrected chi connectivity index (χ3v) is 1.24. The van der Waals surface area contributed by atoms with Crippen molar-refractivity contribution in [3.8, 4) is 12.3 Å². The number of terminal acetylenes is 1. The van der Waals surface area contributed by atoms with Gasteiger partial charge in [-0.1, -0.05) is 5.92 Å².